The van der Waals surface area contributed by atoms with Crippen molar-refractivity contribution in [1.29, 1.82) is 0 Å². The van der Waals surface area contributed by atoms with Crippen LogP contribution >= 0.6 is 0 Å². The average molecular weight is 257 g/mol. The molecule has 1 aliphatic rings. The van der Waals surface area contributed by atoms with Gasteiger partial charge in [-0.1, -0.05) is 19.1 Å². The number of allylic oxidation sites excluding steroid dienone is 2. The summed E-state index contributed by atoms with van der Waals surface area (Å²) in [5.74, 6) is 1.24. The topological polar surface area (TPSA) is 61.7 Å². The zero-order valence-corrected chi connectivity index (χ0v) is 11.5. The van der Waals surface area contributed by atoms with E-state index in [0.29, 0.717) is 25.0 Å². The van der Waals surface area contributed by atoms with E-state index in [1.54, 1.807) is 0 Å². The maximum absolute atomic E-state index is 9.71. The number of hydrogen-bond donors (Lipinski definition) is 3. The zero-order valence-electron chi connectivity index (χ0n) is 11.5. The van der Waals surface area contributed by atoms with E-state index in [-0.39, 0.29) is 12.6 Å². The standard InChI is InChI=1S/C14H27NO3/c1-11-5-3-4-6-13(11)9-18-10-14(17)7-15-12(2)8-16/h3-4,11-17H,5-10H2,1-2H3. The Balaban J connectivity index is 2.07. The summed E-state index contributed by atoms with van der Waals surface area (Å²) in [4.78, 5) is 0. The third kappa shape index (κ3) is 5.96. The van der Waals surface area contributed by atoms with E-state index in [1.807, 2.05) is 6.92 Å². The van der Waals surface area contributed by atoms with Crippen molar-refractivity contribution in [2.45, 2.75) is 38.8 Å². The SMILES string of the molecule is CC(CO)NCC(O)COCC1CC=CCC1C. The molecule has 106 valence electrons. The first-order chi connectivity index (χ1) is 8.63. The predicted molar refractivity (Wildman–Crippen MR) is 72.4 cm³/mol. The highest BCUT2D eigenvalue weighted by Crippen LogP contribution is 2.24. The number of rotatable bonds is 8. The second kappa shape index (κ2) is 8.64. The molecule has 1 rings (SSSR count). The Bertz CT molecular complexity index is 245. The van der Waals surface area contributed by atoms with Gasteiger partial charge in [0.15, 0.2) is 0 Å². The molecule has 3 N–H and O–H groups in total. The first-order valence-electron chi connectivity index (χ1n) is 6.88. The van der Waals surface area contributed by atoms with Gasteiger partial charge in [0.2, 0.25) is 0 Å². The van der Waals surface area contributed by atoms with Crippen LogP contribution in [0.15, 0.2) is 12.2 Å². The summed E-state index contributed by atoms with van der Waals surface area (Å²) in [6.07, 6.45) is 6.15. The monoisotopic (exact) mass is 257 g/mol. The van der Waals surface area contributed by atoms with Crippen molar-refractivity contribution in [3.63, 3.8) is 0 Å². The van der Waals surface area contributed by atoms with E-state index < -0.39 is 6.10 Å². The van der Waals surface area contributed by atoms with Gasteiger partial charge in [0.05, 0.1) is 25.9 Å². The lowest BCUT2D eigenvalue weighted by Gasteiger charge is -2.25. The van der Waals surface area contributed by atoms with Crippen LogP contribution < -0.4 is 5.32 Å². The molecule has 4 nitrogen and oxygen atoms in total. The van der Waals surface area contributed by atoms with Gasteiger partial charge in [-0.05, 0) is 31.6 Å². The molecule has 0 aromatic carbocycles. The van der Waals surface area contributed by atoms with Gasteiger partial charge in [-0.25, -0.2) is 0 Å². The van der Waals surface area contributed by atoms with Crippen molar-refractivity contribution in [3.05, 3.63) is 12.2 Å². The fourth-order valence-electron chi connectivity index (χ4n) is 2.06. The van der Waals surface area contributed by atoms with E-state index in [2.05, 4.69) is 24.4 Å². The Hall–Kier alpha value is -0.420. The maximum Gasteiger partial charge on any atom is 0.0897 e. The highest BCUT2D eigenvalue weighted by molar-refractivity contribution is 4.93. The molecule has 0 fully saturated rings. The van der Waals surface area contributed by atoms with Crippen molar-refractivity contribution < 1.29 is 14.9 Å². The minimum atomic E-state index is -0.506. The predicted octanol–water partition coefficient (Wildman–Crippen LogP) is 0.937. The Kier molecular flexibility index (Phi) is 7.51. The first kappa shape index (κ1) is 15.6. The third-order valence-electron chi connectivity index (χ3n) is 3.54. The van der Waals surface area contributed by atoms with Gasteiger partial charge in [0, 0.05) is 12.6 Å². The molecular weight excluding hydrogens is 230 g/mol. The molecular formula is C14H27NO3. The quantitative estimate of drug-likeness (QED) is 0.566. The smallest absolute Gasteiger partial charge is 0.0897 e. The van der Waals surface area contributed by atoms with Crippen LogP contribution in [-0.4, -0.2) is 48.7 Å². The summed E-state index contributed by atoms with van der Waals surface area (Å²) >= 11 is 0. The third-order valence-corrected chi connectivity index (χ3v) is 3.54. The highest BCUT2D eigenvalue weighted by atomic mass is 16.5. The Morgan fingerprint density at radius 3 is 2.78 bits per heavy atom. The second-order valence-electron chi connectivity index (χ2n) is 5.36. The van der Waals surface area contributed by atoms with E-state index in [0.717, 1.165) is 19.4 Å². The Labute approximate surface area is 110 Å². The molecule has 4 heteroatoms. The molecule has 0 aromatic rings. The molecule has 18 heavy (non-hydrogen) atoms. The van der Waals surface area contributed by atoms with Crippen LogP contribution in [0, 0.1) is 11.8 Å². The molecule has 4 atom stereocenters. The van der Waals surface area contributed by atoms with E-state index in [4.69, 9.17) is 9.84 Å². The van der Waals surface area contributed by atoms with Crippen molar-refractivity contribution in [2.24, 2.45) is 11.8 Å². The van der Waals surface area contributed by atoms with E-state index in [1.165, 1.54) is 0 Å². The van der Waals surface area contributed by atoms with Crippen LogP contribution in [0.25, 0.3) is 0 Å². The lowest BCUT2D eigenvalue weighted by Crippen LogP contribution is -2.38. The van der Waals surface area contributed by atoms with Gasteiger partial charge >= 0.3 is 0 Å². The molecule has 0 amide bonds. The molecule has 0 heterocycles. The normalized spacial score (nSPS) is 27.1. The van der Waals surface area contributed by atoms with Crippen LogP contribution in [0.2, 0.25) is 0 Å². The molecule has 0 aliphatic heterocycles. The second-order valence-corrected chi connectivity index (χ2v) is 5.36. The molecule has 0 radical (unpaired) electrons. The van der Waals surface area contributed by atoms with Crippen molar-refractivity contribution in [2.75, 3.05) is 26.4 Å². The highest BCUT2D eigenvalue weighted by Gasteiger charge is 2.18. The van der Waals surface area contributed by atoms with Crippen LogP contribution in [0.4, 0.5) is 0 Å². The van der Waals surface area contributed by atoms with Gasteiger partial charge < -0.3 is 20.3 Å². The average Bonchev–Trinajstić information content (AvgIpc) is 2.38. The van der Waals surface area contributed by atoms with Crippen molar-refractivity contribution >= 4 is 0 Å². The van der Waals surface area contributed by atoms with Crippen LogP contribution in [0.5, 0.6) is 0 Å². The number of aliphatic hydroxyl groups excluding tert-OH is 2. The molecule has 4 unspecified atom stereocenters. The van der Waals surface area contributed by atoms with Crippen molar-refractivity contribution in [3.8, 4) is 0 Å². The molecule has 0 saturated heterocycles. The number of hydrogen-bond acceptors (Lipinski definition) is 4. The Morgan fingerprint density at radius 2 is 2.11 bits per heavy atom. The molecule has 0 aromatic heterocycles. The summed E-state index contributed by atoms with van der Waals surface area (Å²) in [5, 5.41) is 21.6. The van der Waals surface area contributed by atoms with Crippen LogP contribution in [0.1, 0.15) is 26.7 Å². The van der Waals surface area contributed by atoms with Crippen LogP contribution in [0.3, 0.4) is 0 Å². The minimum absolute atomic E-state index is 0.0168. The number of aliphatic hydroxyl groups is 2. The fourth-order valence-corrected chi connectivity index (χ4v) is 2.06. The Morgan fingerprint density at radius 1 is 1.39 bits per heavy atom. The summed E-state index contributed by atoms with van der Waals surface area (Å²) in [6, 6.07) is 0.0168. The molecule has 1 aliphatic carbocycles. The van der Waals surface area contributed by atoms with Gasteiger partial charge in [-0.15, -0.1) is 0 Å². The van der Waals surface area contributed by atoms with Gasteiger partial charge in [0.25, 0.3) is 0 Å². The van der Waals surface area contributed by atoms with Gasteiger partial charge in [-0.2, -0.15) is 0 Å². The first-order valence-corrected chi connectivity index (χ1v) is 6.88. The van der Waals surface area contributed by atoms with Gasteiger partial charge in [-0.3, -0.25) is 0 Å². The lowest BCUT2D eigenvalue weighted by molar-refractivity contribution is 0.0114. The van der Waals surface area contributed by atoms with E-state index in [9.17, 15) is 5.11 Å². The summed E-state index contributed by atoms with van der Waals surface area (Å²) in [6.45, 7) is 5.75. The zero-order chi connectivity index (χ0) is 13.4. The van der Waals surface area contributed by atoms with Crippen LogP contribution in [-0.2, 0) is 4.74 Å². The number of nitrogens with one attached hydrogen (secondary N) is 1. The minimum Gasteiger partial charge on any atom is -0.395 e. The fraction of sp³-hybridized carbons (Fsp3) is 0.857. The lowest BCUT2D eigenvalue weighted by atomic mass is 9.85. The number of ether oxygens (including phenoxy) is 1. The summed E-state index contributed by atoms with van der Waals surface area (Å²) in [7, 11) is 0. The summed E-state index contributed by atoms with van der Waals surface area (Å²) < 4.78 is 5.58. The van der Waals surface area contributed by atoms with E-state index >= 15 is 0 Å². The molecule has 0 spiro atoms. The molecule has 0 bridgehead atoms. The maximum atomic E-state index is 9.71. The summed E-state index contributed by atoms with van der Waals surface area (Å²) in [5.41, 5.74) is 0. The molecule has 0 saturated carbocycles. The van der Waals surface area contributed by atoms with Crippen molar-refractivity contribution in [1.82, 2.24) is 5.32 Å². The largest absolute Gasteiger partial charge is 0.395 e. The van der Waals surface area contributed by atoms with Gasteiger partial charge in [0.1, 0.15) is 0 Å².